The molecule has 1 atom stereocenters. The van der Waals surface area contributed by atoms with E-state index in [1.54, 1.807) is 29.2 Å². The van der Waals surface area contributed by atoms with Crippen molar-refractivity contribution in [1.29, 1.82) is 0 Å². The van der Waals surface area contributed by atoms with Crippen LogP contribution in [0.15, 0.2) is 72.8 Å². The highest BCUT2D eigenvalue weighted by Crippen LogP contribution is 2.25. The van der Waals surface area contributed by atoms with Gasteiger partial charge in [-0.05, 0) is 41.8 Å². The zero-order chi connectivity index (χ0) is 23.8. The first-order valence-corrected chi connectivity index (χ1v) is 11.8. The van der Waals surface area contributed by atoms with Crippen molar-refractivity contribution in [1.82, 2.24) is 10.2 Å². The molecule has 0 saturated carbocycles. The lowest BCUT2D eigenvalue weighted by Crippen LogP contribution is -2.51. The molecule has 3 aromatic carbocycles. The maximum Gasteiger partial charge on any atom is 0.243 e. The number of carbonyl (C=O) groups excluding carboxylic acids is 2. The van der Waals surface area contributed by atoms with Crippen LogP contribution in [0.2, 0.25) is 15.1 Å². The average Bonchev–Trinajstić information content (AvgIpc) is 2.80. The highest BCUT2D eigenvalue weighted by Gasteiger charge is 2.30. The Bertz CT molecular complexity index is 1110. The van der Waals surface area contributed by atoms with Crippen molar-refractivity contribution in [2.75, 3.05) is 6.54 Å². The number of rotatable bonds is 9. The molecule has 172 valence electrons. The van der Waals surface area contributed by atoms with Gasteiger partial charge in [-0.1, -0.05) is 89.4 Å². The summed E-state index contributed by atoms with van der Waals surface area (Å²) >= 11 is 18.6. The van der Waals surface area contributed by atoms with Crippen molar-refractivity contribution >= 4 is 46.6 Å². The van der Waals surface area contributed by atoms with Gasteiger partial charge in [0, 0.05) is 24.5 Å². The van der Waals surface area contributed by atoms with Crippen LogP contribution in [0.25, 0.3) is 0 Å². The lowest BCUT2D eigenvalue weighted by Gasteiger charge is -2.32. The van der Waals surface area contributed by atoms with Crippen molar-refractivity contribution in [3.63, 3.8) is 0 Å². The number of halogens is 3. The third-order valence-corrected chi connectivity index (χ3v) is 6.37. The molecule has 4 nitrogen and oxygen atoms in total. The standard InChI is InChI=1S/C26H25Cl3N2O2/c1-2-30-26(33)24(15-18-8-4-3-5-9-18)31(17-20-10-6-7-11-21(20)27)25(32)16-19-12-13-22(28)23(29)14-19/h3-14,24H,2,15-17H2,1H3,(H,30,33)/t24-/m0/s1. The quantitative estimate of drug-likeness (QED) is 0.391. The molecule has 3 aromatic rings. The molecule has 0 aromatic heterocycles. The number of benzene rings is 3. The van der Waals surface area contributed by atoms with Gasteiger partial charge in [-0.15, -0.1) is 0 Å². The fourth-order valence-electron chi connectivity index (χ4n) is 3.58. The molecule has 0 saturated heterocycles. The Hall–Kier alpha value is -2.53. The molecule has 2 amide bonds. The van der Waals surface area contributed by atoms with E-state index in [2.05, 4.69) is 5.32 Å². The molecule has 0 aliphatic heterocycles. The van der Waals surface area contributed by atoms with Crippen LogP contribution in [0.3, 0.4) is 0 Å². The monoisotopic (exact) mass is 502 g/mol. The van der Waals surface area contributed by atoms with E-state index in [0.29, 0.717) is 33.6 Å². The average molecular weight is 504 g/mol. The van der Waals surface area contributed by atoms with Gasteiger partial charge in [0.05, 0.1) is 16.5 Å². The van der Waals surface area contributed by atoms with Gasteiger partial charge in [0.15, 0.2) is 0 Å². The van der Waals surface area contributed by atoms with Crippen LogP contribution < -0.4 is 5.32 Å². The second-order valence-corrected chi connectivity index (χ2v) is 8.86. The van der Waals surface area contributed by atoms with Gasteiger partial charge in [-0.3, -0.25) is 9.59 Å². The van der Waals surface area contributed by atoms with Crippen LogP contribution in [0.4, 0.5) is 0 Å². The molecule has 0 bridgehead atoms. The summed E-state index contributed by atoms with van der Waals surface area (Å²) in [7, 11) is 0. The van der Waals surface area contributed by atoms with Gasteiger partial charge in [-0.25, -0.2) is 0 Å². The Morgan fingerprint density at radius 1 is 0.848 bits per heavy atom. The minimum atomic E-state index is -0.709. The topological polar surface area (TPSA) is 49.4 Å². The lowest BCUT2D eigenvalue weighted by atomic mass is 10.0. The summed E-state index contributed by atoms with van der Waals surface area (Å²) in [6.45, 7) is 2.52. The van der Waals surface area contributed by atoms with Crippen molar-refractivity contribution in [3.05, 3.63) is 105 Å². The summed E-state index contributed by atoms with van der Waals surface area (Å²) in [5.74, 6) is -0.420. The van der Waals surface area contributed by atoms with Gasteiger partial charge >= 0.3 is 0 Å². The molecular weight excluding hydrogens is 479 g/mol. The van der Waals surface area contributed by atoms with Gasteiger partial charge in [0.2, 0.25) is 11.8 Å². The van der Waals surface area contributed by atoms with Crippen LogP contribution >= 0.6 is 34.8 Å². The zero-order valence-electron chi connectivity index (χ0n) is 18.2. The van der Waals surface area contributed by atoms with E-state index in [9.17, 15) is 9.59 Å². The summed E-state index contributed by atoms with van der Waals surface area (Å²) < 4.78 is 0. The maximum atomic E-state index is 13.6. The molecule has 7 heteroatoms. The number of carbonyl (C=O) groups is 2. The van der Waals surface area contributed by atoms with Crippen molar-refractivity contribution in [2.24, 2.45) is 0 Å². The lowest BCUT2D eigenvalue weighted by molar-refractivity contribution is -0.140. The molecule has 0 unspecified atom stereocenters. The second-order valence-electron chi connectivity index (χ2n) is 7.64. The third-order valence-electron chi connectivity index (χ3n) is 5.26. The Labute approximate surface area is 209 Å². The number of hydrogen-bond acceptors (Lipinski definition) is 2. The molecular formula is C26H25Cl3N2O2. The largest absolute Gasteiger partial charge is 0.355 e. The first-order chi connectivity index (χ1) is 15.9. The molecule has 33 heavy (non-hydrogen) atoms. The molecule has 0 aliphatic rings. The molecule has 0 aliphatic carbocycles. The predicted octanol–water partition coefficient (Wildman–Crippen LogP) is 5.97. The van der Waals surface area contributed by atoms with E-state index in [1.807, 2.05) is 55.5 Å². The summed E-state index contributed by atoms with van der Waals surface area (Å²) in [4.78, 5) is 28.3. The van der Waals surface area contributed by atoms with Crippen LogP contribution in [-0.2, 0) is 29.0 Å². The minimum absolute atomic E-state index is 0.0754. The predicted molar refractivity (Wildman–Crippen MR) is 135 cm³/mol. The van der Waals surface area contributed by atoms with E-state index in [-0.39, 0.29) is 24.8 Å². The van der Waals surface area contributed by atoms with E-state index in [1.165, 1.54) is 0 Å². The summed E-state index contributed by atoms with van der Waals surface area (Å²) in [5.41, 5.74) is 2.44. The van der Waals surface area contributed by atoms with Gasteiger partial charge < -0.3 is 10.2 Å². The molecule has 3 rings (SSSR count). The van der Waals surface area contributed by atoms with Crippen LogP contribution in [-0.4, -0.2) is 29.3 Å². The normalized spacial score (nSPS) is 11.6. The minimum Gasteiger partial charge on any atom is -0.355 e. The Kier molecular flexibility index (Phi) is 9.19. The van der Waals surface area contributed by atoms with Crippen molar-refractivity contribution in [2.45, 2.75) is 32.4 Å². The van der Waals surface area contributed by atoms with E-state index >= 15 is 0 Å². The van der Waals surface area contributed by atoms with E-state index < -0.39 is 6.04 Å². The number of nitrogens with zero attached hydrogens (tertiary/aromatic N) is 1. The third kappa shape index (κ3) is 6.97. The first-order valence-electron chi connectivity index (χ1n) is 10.7. The number of likely N-dealkylation sites (N-methyl/N-ethyl adjacent to an activating group) is 1. The Balaban J connectivity index is 1.97. The van der Waals surface area contributed by atoms with Crippen molar-refractivity contribution < 1.29 is 9.59 Å². The summed E-state index contributed by atoms with van der Waals surface area (Å²) in [6, 6.07) is 21.4. The van der Waals surface area contributed by atoms with E-state index in [0.717, 1.165) is 11.1 Å². The Morgan fingerprint density at radius 3 is 2.21 bits per heavy atom. The number of hydrogen-bond donors (Lipinski definition) is 1. The first kappa shape index (κ1) is 25.1. The van der Waals surface area contributed by atoms with Gasteiger partial charge in [-0.2, -0.15) is 0 Å². The fraction of sp³-hybridized carbons (Fsp3) is 0.231. The number of amides is 2. The number of nitrogens with one attached hydrogen (secondary N) is 1. The molecule has 0 radical (unpaired) electrons. The van der Waals surface area contributed by atoms with Crippen LogP contribution in [0.1, 0.15) is 23.6 Å². The fourth-order valence-corrected chi connectivity index (χ4v) is 4.10. The Morgan fingerprint density at radius 2 is 1.55 bits per heavy atom. The smallest absolute Gasteiger partial charge is 0.243 e. The molecule has 0 heterocycles. The SMILES string of the molecule is CCNC(=O)[C@H](Cc1ccccc1)N(Cc1ccccc1Cl)C(=O)Cc1ccc(Cl)c(Cl)c1. The van der Waals surface area contributed by atoms with Crippen molar-refractivity contribution in [3.8, 4) is 0 Å². The summed E-state index contributed by atoms with van der Waals surface area (Å²) in [5, 5.41) is 4.22. The van der Waals surface area contributed by atoms with E-state index in [4.69, 9.17) is 34.8 Å². The highest BCUT2D eigenvalue weighted by atomic mass is 35.5. The van der Waals surface area contributed by atoms with Gasteiger partial charge in [0.25, 0.3) is 0 Å². The molecule has 0 spiro atoms. The second kappa shape index (κ2) is 12.1. The highest BCUT2D eigenvalue weighted by molar-refractivity contribution is 6.42. The van der Waals surface area contributed by atoms with Gasteiger partial charge in [0.1, 0.15) is 6.04 Å². The molecule has 0 fully saturated rings. The molecule has 1 N–H and O–H groups in total. The summed E-state index contributed by atoms with van der Waals surface area (Å²) in [6.07, 6.45) is 0.455. The van der Waals surface area contributed by atoms with Crippen LogP contribution in [0.5, 0.6) is 0 Å². The maximum absolute atomic E-state index is 13.6. The zero-order valence-corrected chi connectivity index (χ0v) is 20.5. The van der Waals surface area contributed by atoms with Crippen LogP contribution in [0, 0.1) is 0 Å².